The molecule has 6 heteroatoms. The number of hydrogen-bond donors (Lipinski definition) is 1. The number of piperidine rings is 1. The van der Waals surface area contributed by atoms with Crippen LogP contribution in [0.5, 0.6) is 0 Å². The summed E-state index contributed by atoms with van der Waals surface area (Å²) in [6.07, 6.45) is 9.84. The van der Waals surface area contributed by atoms with Crippen molar-refractivity contribution in [2.24, 2.45) is 11.3 Å². The Labute approximate surface area is 161 Å². The maximum absolute atomic E-state index is 13.3. The lowest BCUT2D eigenvalue weighted by atomic mass is 9.77. The quantitative estimate of drug-likeness (QED) is 0.867. The zero-order valence-corrected chi connectivity index (χ0v) is 16.7. The normalized spacial score (nSPS) is 28.4. The maximum Gasteiger partial charge on any atom is 0.230 e. The number of likely N-dealkylation sites (tertiary alicyclic amines) is 2. The van der Waals surface area contributed by atoms with Crippen LogP contribution >= 0.6 is 11.6 Å². The molecule has 3 aliphatic rings. The highest BCUT2D eigenvalue weighted by molar-refractivity contribution is 6.31. The summed E-state index contributed by atoms with van der Waals surface area (Å²) in [6, 6.07) is 0. The molecule has 1 N–H and O–H groups in total. The summed E-state index contributed by atoms with van der Waals surface area (Å²) in [5, 5.41) is 8.03. The number of amides is 1. The highest BCUT2D eigenvalue weighted by Crippen LogP contribution is 2.41. The van der Waals surface area contributed by atoms with Gasteiger partial charge in [0.25, 0.3) is 0 Å². The third kappa shape index (κ3) is 3.53. The van der Waals surface area contributed by atoms with E-state index in [1.807, 2.05) is 6.92 Å². The number of carbonyl (C=O) groups is 1. The van der Waals surface area contributed by atoms with Crippen LogP contribution in [0.25, 0.3) is 0 Å². The number of aryl methyl sites for hydroxylation is 1. The number of hydrogen-bond acceptors (Lipinski definition) is 3. The van der Waals surface area contributed by atoms with Gasteiger partial charge in [0.1, 0.15) is 0 Å². The second kappa shape index (κ2) is 7.51. The van der Waals surface area contributed by atoms with Crippen LogP contribution in [-0.2, 0) is 11.3 Å². The van der Waals surface area contributed by atoms with Crippen molar-refractivity contribution in [2.45, 2.75) is 64.8 Å². The van der Waals surface area contributed by atoms with Gasteiger partial charge in [-0.25, -0.2) is 0 Å². The largest absolute Gasteiger partial charge is 0.342 e. The van der Waals surface area contributed by atoms with Crippen LogP contribution in [0.2, 0.25) is 5.02 Å². The molecule has 5 nitrogen and oxygen atoms in total. The molecule has 1 saturated carbocycles. The summed E-state index contributed by atoms with van der Waals surface area (Å²) in [7, 11) is 0. The van der Waals surface area contributed by atoms with Crippen LogP contribution in [0.3, 0.4) is 0 Å². The van der Waals surface area contributed by atoms with Crippen LogP contribution in [0.1, 0.15) is 62.8 Å². The summed E-state index contributed by atoms with van der Waals surface area (Å²) in [5.74, 6) is 1.15. The average Bonchev–Trinajstić information content (AvgIpc) is 3.19. The van der Waals surface area contributed by atoms with E-state index in [2.05, 4.69) is 20.0 Å². The van der Waals surface area contributed by atoms with Gasteiger partial charge in [-0.1, -0.05) is 30.9 Å². The minimum atomic E-state index is -0.162. The van der Waals surface area contributed by atoms with Crippen LogP contribution in [-0.4, -0.2) is 52.1 Å². The van der Waals surface area contributed by atoms with Gasteiger partial charge in [0.2, 0.25) is 5.91 Å². The van der Waals surface area contributed by atoms with E-state index in [0.717, 1.165) is 74.3 Å². The first-order chi connectivity index (χ1) is 12.6. The second-order valence-electron chi connectivity index (χ2n) is 8.71. The third-order valence-corrected chi connectivity index (χ3v) is 7.28. The van der Waals surface area contributed by atoms with E-state index in [1.54, 1.807) is 0 Å². The molecule has 2 saturated heterocycles. The molecular weight excluding hydrogens is 348 g/mol. The highest BCUT2D eigenvalue weighted by atomic mass is 35.5. The smallest absolute Gasteiger partial charge is 0.230 e. The number of aromatic nitrogens is 2. The summed E-state index contributed by atoms with van der Waals surface area (Å²) in [6.45, 7) is 6.45. The van der Waals surface area contributed by atoms with Crippen molar-refractivity contribution in [3.8, 4) is 0 Å². The molecule has 1 atom stereocenters. The van der Waals surface area contributed by atoms with E-state index < -0.39 is 0 Å². The van der Waals surface area contributed by atoms with Gasteiger partial charge in [0.15, 0.2) is 0 Å². The number of halogens is 1. The second-order valence-corrected chi connectivity index (χ2v) is 9.09. The van der Waals surface area contributed by atoms with Crippen molar-refractivity contribution in [2.75, 3.05) is 26.2 Å². The first-order valence-corrected chi connectivity index (χ1v) is 10.7. The fourth-order valence-corrected chi connectivity index (χ4v) is 5.41. The monoisotopic (exact) mass is 378 g/mol. The highest BCUT2D eigenvalue weighted by Gasteiger charge is 2.48. The molecule has 4 rings (SSSR count). The molecule has 26 heavy (non-hydrogen) atoms. The van der Waals surface area contributed by atoms with Gasteiger partial charge in [-0.15, -0.1) is 0 Å². The Morgan fingerprint density at radius 3 is 2.73 bits per heavy atom. The lowest BCUT2D eigenvalue weighted by molar-refractivity contribution is -0.146. The Hall–Kier alpha value is -1.07. The average molecular weight is 379 g/mol. The topological polar surface area (TPSA) is 52.2 Å². The molecule has 0 aromatic carbocycles. The summed E-state index contributed by atoms with van der Waals surface area (Å²) in [5.41, 5.74) is 1.66. The summed E-state index contributed by atoms with van der Waals surface area (Å²) < 4.78 is 0. The molecule has 1 aromatic heterocycles. The molecule has 1 aromatic rings. The van der Waals surface area contributed by atoms with Gasteiger partial charge >= 0.3 is 0 Å². The summed E-state index contributed by atoms with van der Waals surface area (Å²) >= 11 is 6.33. The molecule has 0 bridgehead atoms. The van der Waals surface area contributed by atoms with Crippen molar-refractivity contribution in [1.29, 1.82) is 0 Å². The van der Waals surface area contributed by atoms with Crippen LogP contribution < -0.4 is 0 Å². The third-order valence-electron chi connectivity index (χ3n) is 6.77. The number of nitrogens with one attached hydrogen (secondary N) is 1. The number of rotatable bonds is 4. The van der Waals surface area contributed by atoms with Crippen molar-refractivity contribution >= 4 is 17.5 Å². The predicted molar refractivity (Wildman–Crippen MR) is 103 cm³/mol. The molecule has 1 spiro atoms. The van der Waals surface area contributed by atoms with E-state index in [1.165, 1.54) is 32.1 Å². The van der Waals surface area contributed by atoms with Crippen LogP contribution in [0.15, 0.2) is 0 Å². The van der Waals surface area contributed by atoms with Gasteiger partial charge in [-0.2, -0.15) is 5.10 Å². The number of carbonyl (C=O) groups excluding carboxylic acids is 1. The summed E-state index contributed by atoms with van der Waals surface area (Å²) in [4.78, 5) is 17.9. The Morgan fingerprint density at radius 1 is 1.19 bits per heavy atom. The predicted octanol–water partition coefficient (Wildman–Crippen LogP) is 3.77. The lowest BCUT2D eigenvalue weighted by Gasteiger charge is -2.41. The Balaban J connectivity index is 1.39. The fourth-order valence-electron chi connectivity index (χ4n) is 5.26. The molecule has 144 valence electrons. The molecule has 1 aliphatic carbocycles. The first kappa shape index (κ1) is 18.3. The first-order valence-electron chi connectivity index (χ1n) is 10.3. The zero-order chi connectivity index (χ0) is 18.1. The zero-order valence-electron chi connectivity index (χ0n) is 15.9. The van der Waals surface area contributed by atoms with E-state index in [0.29, 0.717) is 5.91 Å². The fraction of sp³-hybridized carbons (Fsp3) is 0.800. The number of aromatic amines is 1. The van der Waals surface area contributed by atoms with Crippen molar-refractivity contribution in [1.82, 2.24) is 20.0 Å². The van der Waals surface area contributed by atoms with Gasteiger partial charge in [0.05, 0.1) is 21.8 Å². The van der Waals surface area contributed by atoms with Crippen molar-refractivity contribution in [3.05, 3.63) is 16.4 Å². The number of H-pyrrole nitrogens is 1. The SMILES string of the molecule is Cc1[nH]nc(CN2CC[C@@]3(CCCN(CC4CCCCC4)C3=O)C2)c1Cl. The van der Waals surface area contributed by atoms with Gasteiger partial charge in [-0.05, 0) is 51.5 Å². The molecule has 0 radical (unpaired) electrons. The minimum Gasteiger partial charge on any atom is -0.342 e. The van der Waals surface area contributed by atoms with Crippen LogP contribution in [0.4, 0.5) is 0 Å². The van der Waals surface area contributed by atoms with Crippen molar-refractivity contribution in [3.63, 3.8) is 0 Å². The standard InChI is InChI=1S/C20H31ClN4O/c1-15-18(21)17(23-22-15)13-24-11-9-20(14-24)8-5-10-25(19(20)26)12-16-6-3-2-4-7-16/h16H,2-14H2,1H3,(H,22,23)/t20-/m0/s1. The van der Waals surface area contributed by atoms with E-state index in [4.69, 9.17) is 11.6 Å². The van der Waals surface area contributed by atoms with E-state index >= 15 is 0 Å². The maximum atomic E-state index is 13.3. The van der Waals surface area contributed by atoms with Gasteiger partial charge < -0.3 is 4.90 Å². The molecule has 2 aliphatic heterocycles. The lowest BCUT2D eigenvalue weighted by Crippen LogP contribution is -2.51. The molecule has 3 fully saturated rings. The van der Waals surface area contributed by atoms with Crippen molar-refractivity contribution < 1.29 is 4.79 Å². The van der Waals surface area contributed by atoms with Gasteiger partial charge in [0, 0.05) is 26.2 Å². The van der Waals surface area contributed by atoms with E-state index in [9.17, 15) is 4.79 Å². The molecular formula is C20H31ClN4O. The Bertz CT molecular complexity index is 654. The number of nitrogens with zero attached hydrogens (tertiary/aromatic N) is 3. The minimum absolute atomic E-state index is 0.162. The Kier molecular flexibility index (Phi) is 5.29. The molecule has 1 amide bonds. The molecule has 0 unspecified atom stereocenters. The van der Waals surface area contributed by atoms with Gasteiger partial charge in [-0.3, -0.25) is 14.8 Å². The molecule has 3 heterocycles. The van der Waals surface area contributed by atoms with Crippen LogP contribution in [0, 0.1) is 18.3 Å². The van der Waals surface area contributed by atoms with E-state index in [-0.39, 0.29) is 5.41 Å². The Morgan fingerprint density at radius 2 is 2.00 bits per heavy atom.